The Morgan fingerprint density at radius 3 is 2.00 bits per heavy atom. The van der Waals surface area contributed by atoms with Gasteiger partial charge in [0, 0.05) is 5.75 Å². The van der Waals surface area contributed by atoms with Crippen LogP contribution >= 0.6 is 11.8 Å². The molecule has 2 aromatic carbocycles. The second-order valence-corrected chi connectivity index (χ2v) is 6.79. The fourth-order valence-corrected chi connectivity index (χ4v) is 3.09. The number of rotatable bonds is 6. The predicted octanol–water partition coefficient (Wildman–Crippen LogP) is 5.29. The van der Waals surface area contributed by atoms with E-state index in [4.69, 9.17) is 5.11 Å². The van der Waals surface area contributed by atoms with E-state index in [0.29, 0.717) is 12.1 Å². The third-order valence-electron chi connectivity index (χ3n) is 3.58. The monoisotopic (exact) mass is 437 g/mol. The van der Waals surface area contributed by atoms with Crippen molar-refractivity contribution in [3.8, 4) is 0 Å². The van der Waals surface area contributed by atoms with Gasteiger partial charge in [-0.25, -0.2) is 4.79 Å². The Morgan fingerprint density at radius 1 is 0.931 bits per heavy atom. The molecule has 11 heteroatoms. The highest BCUT2D eigenvalue weighted by Gasteiger charge is 2.36. The number of anilines is 1. The molecule has 0 saturated heterocycles. The Labute approximate surface area is 164 Å². The zero-order valence-corrected chi connectivity index (χ0v) is 15.2. The number of carboxylic acid groups (broad SMARTS) is 1. The van der Waals surface area contributed by atoms with Gasteiger partial charge in [0.2, 0.25) is 5.91 Å². The fourth-order valence-electron chi connectivity index (χ4n) is 2.33. The van der Waals surface area contributed by atoms with E-state index in [1.165, 1.54) is 24.3 Å². The highest BCUT2D eigenvalue weighted by molar-refractivity contribution is 7.99. The van der Waals surface area contributed by atoms with Gasteiger partial charge in [0.1, 0.15) is 0 Å². The molecule has 0 heterocycles. The van der Waals surface area contributed by atoms with E-state index in [1.54, 1.807) is 0 Å². The molecule has 0 atom stereocenters. The van der Waals surface area contributed by atoms with E-state index >= 15 is 0 Å². The maximum atomic E-state index is 12.8. The molecule has 0 fully saturated rings. The van der Waals surface area contributed by atoms with E-state index in [9.17, 15) is 35.9 Å². The predicted molar refractivity (Wildman–Crippen MR) is 94.6 cm³/mol. The van der Waals surface area contributed by atoms with Gasteiger partial charge in [-0.1, -0.05) is 12.1 Å². The molecule has 0 aliphatic heterocycles. The van der Waals surface area contributed by atoms with Crippen LogP contribution in [0.5, 0.6) is 0 Å². The normalized spacial score (nSPS) is 11.9. The smallest absolute Gasteiger partial charge is 0.416 e. The molecule has 0 unspecified atom stereocenters. The maximum absolute atomic E-state index is 12.8. The van der Waals surface area contributed by atoms with Crippen LogP contribution in [0.15, 0.2) is 42.5 Å². The molecule has 2 rings (SSSR count). The topological polar surface area (TPSA) is 66.4 Å². The van der Waals surface area contributed by atoms with Gasteiger partial charge in [0.05, 0.1) is 28.1 Å². The Kier molecular flexibility index (Phi) is 6.83. The van der Waals surface area contributed by atoms with Gasteiger partial charge in [-0.05, 0) is 35.9 Å². The third-order valence-corrected chi connectivity index (χ3v) is 4.58. The van der Waals surface area contributed by atoms with Crippen LogP contribution in [0, 0.1) is 0 Å². The highest BCUT2D eigenvalue weighted by Crippen LogP contribution is 2.37. The van der Waals surface area contributed by atoms with Gasteiger partial charge in [-0.2, -0.15) is 26.3 Å². The van der Waals surface area contributed by atoms with Crippen molar-refractivity contribution in [3.63, 3.8) is 0 Å². The third kappa shape index (κ3) is 6.41. The minimum Gasteiger partial charge on any atom is -0.478 e. The van der Waals surface area contributed by atoms with Crippen molar-refractivity contribution in [1.82, 2.24) is 0 Å². The van der Waals surface area contributed by atoms with Crippen molar-refractivity contribution >= 4 is 29.3 Å². The number of carbonyl (C=O) groups excluding carboxylic acids is 1. The Balaban J connectivity index is 2.07. The van der Waals surface area contributed by atoms with Crippen molar-refractivity contribution < 1.29 is 41.0 Å². The molecule has 29 heavy (non-hydrogen) atoms. The second-order valence-electron chi connectivity index (χ2n) is 5.81. The lowest BCUT2D eigenvalue weighted by molar-refractivity contribution is -0.143. The summed E-state index contributed by atoms with van der Waals surface area (Å²) in [6.07, 6.45) is -9.89. The Hall–Kier alpha value is -2.69. The van der Waals surface area contributed by atoms with Crippen molar-refractivity contribution in [2.45, 2.75) is 18.1 Å². The van der Waals surface area contributed by atoms with E-state index in [-0.39, 0.29) is 34.4 Å². The van der Waals surface area contributed by atoms with Crippen LogP contribution in [0.25, 0.3) is 0 Å². The van der Waals surface area contributed by atoms with E-state index < -0.39 is 35.4 Å². The molecule has 0 aromatic heterocycles. The first kappa shape index (κ1) is 22.6. The summed E-state index contributed by atoms with van der Waals surface area (Å²) in [7, 11) is 0. The lowest BCUT2D eigenvalue weighted by Gasteiger charge is -2.14. The van der Waals surface area contributed by atoms with Crippen molar-refractivity contribution in [1.29, 1.82) is 0 Å². The quantitative estimate of drug-likeness (QED) is 0.603. The first-order chi connectivity index (χ1) is 13.4. The van der Waals surface area contributed by atoms with Gasteiger partial charge < -0.3 is 10.4 Å². The Bertz CT molecular complexity index is 879. The number of para-hydroxylation sites is 1. The molecule has 0 aliphatic rings. The molecule has 2 N–H and O–H groups in total. The molecular weight excluding hydrogens is 424 g/mol. The average molecular weight is 437 g/mol. The number of carbonyl (C=O) groups is 2. The van der Waals surface area contributed by atoms with Crippen LogP contribution < -0.4 is 5.32 Å². The molecule has 0 saturated carbocycles. The number of alkyl halides is 6. The van der Waals surface area contributed by atoms with E-state index in [2.05, 4.69) is 5.32 Å². The first-order valence-corrected chi connectivity index (χ1v) is 9.01. The summed E-state index contributed by atoms with van der Waals surface area (Å²) in [5.74, 6) is -2.49. The van der Waals surface area contributed by atoms with Crippen LogP contribution in [-0.4, -0.2) is 22.7 Å². The molecule has 1 amide bonds. The lowest BCUT2D eigenvalue weighted by atomic mass is 10.1. The molecule has 0 radical (unpaired) electrons. The molecular formula is C18H13F6NO3S. The van der Waals surface area contributed by atoms with Crippen LogP contribution in [0.4, 0.5) is 32.0 Å². The summed E-state index contributed by atoms with van der Waals surface area (Å²) in [5, 5.41) is 11.4. The standard InChI is InChI=1S/C18H13F6NO3S/c19-17(20,21)11-5-10(6-12(7-11)18(22,23)24)8-29-9-15(26)25-14-4-2-1-3-13(14)16(27)28/h1-7H,8-9H2,(H,25,26)(H,27,28). The van der Waals surface area contributed by atoms with Crippen molar-refractivity contribution in [2.24, 2.45) is 0 Å². The summed E-state index contributed by atoms with van der Waals surface area (Å²) >= 11 is 0.792. The van der Waals surface area contributed by atoms with Crippen molar-refractivity contribution in [3.05, 3.63) is 64.7 Å². The van der Waals surface area contributed by atoms with Crippen LogP contribution in [-0.2, 0) is 22.9 Å². The average Bonchev–Trinajstić information content (AvgIpc) is 2.60. The first-order valence-electron chi connectivity index (χ1n) is 7.86. The van der Waals surface area contributed by atoms with Crippen LogP contribution in [0.1, 0.15) is 27.0 Å². The number of carboxylic acids is 1. The zero-order valence-electron chi connectivity index (χ0n) is 14.4. The lowest BCUT2D eigenvalue weighted by Crippen LogP contribution is -2.16. The summed E-state index contributed by atoms with van der Waals surface area (Å²) < 4.78 is 77.1. The highest BCUT2D eigenvalue weighted by atomic mass is 32.2. The molecule has 4 nitrogen and oxygen atoms in total. The zero-order chi connectivity index (χ0) is 21.8. The number of nitrogens with one attached hydrogen (secondary N) is 1. The van der Waals surface area contributed by atoms with Gasteiger partial charge in [-0.15, -0.1) is 11.8 Å². The fraction of sp³-hybridized carbons (Fsp3) is 0.222. The van der Waals surface area contributed by atoms with Crippen molar-refractivity contribution in [2.75, 3.05) is 11.1 Å². The van der Waals surface area contributed by atoms with Gasteiger partial charge >= 0.3 is 18.3 Å². The maximum Gasteiger partial charge on any atom is 0.416 e. The molecule has 156 valence electrons. The number of hydrogen-bond donors (Lipinski definition) is 2. The molecule has 0 aliphatic carbocycles. The largest absolute Gasteiger partial charge is 0.478 e. The van der Waals surface area contributed by atoms with Crippen LogP contribution in [0.2, 0.25) is 0 Å². The molecule has 0 spiro atoms. The minimum atomic E-state index is -4.95. The second kappa shape index (κ2) is 8.76. The number of halogens is 6. The summed E-state index contributed by atoms with van der Waals surface area (Å²) in [4.78, 5) is 23.0. The minimum absolute atomic E-state index is 0.0315. The number of benzene rings is 2. The number of amides is 1. The van der Waals surface area contributed by atoms with Gasteiger partial charge in [0.15, 0.2) is 0 Å². The van der Waals surface area contributed by atoms with E-state index in [1.807, 2.05) is 0 Å². The Morgan fingerprint density at radius 2 is 1.48 bits per heavy atom. The van der Waals surface area contributed by atoms with E-state index in [0.717, 1.165) is 11.8 Å². The molecule has 2 aromatic rings. The molecule has 0 bridgehead atoms. The van der Waals surface area contributed by atoms with Gasteiger partial charge in [-0.3, -0.25) is 4.79 Å². The number of hydrogen-bond acceptors (Lipinski definition) is 3. The van der Waals surface area contributed by atoms with Gasteiger partial charge in [0.25, 0.3) is 0 Å². The SMILES string of the molecule is O=C(CSCc1cc(C(F)(F)F)cc(C(F)(F)F)c1)Nc1ccccc1C(=O)O. The number of aromatic carboxylic acids is 1. The number of thioether (sulfide) groups is 1. The summed E-state index contributed by atoms with van der Waals surface area (Å²) in [5.41, 5.74) is -3.22. The van der Waals surface area contributed by atoms with Crippen LogP contribution in [0.3, 0.4) is 0 Å². The summed E-state index contributed by atoms with van der Waals surface area (Å²) in [6.45, 7) is 0. The summed E-state index contributed by atoms with van der Waals surface area (Å²) in [6, 6.07) is 6.81.